The summed E-state index contributed by atoms with van der Waals surface area (Å²) in [7, 11) is 0. The number of nitrogens with zero attached hydrogens (tertiary/aromatic N) is 1. The van der Waals surface area contributed by atoms with Gasteiger partial charge in [-0.25, -0.2) is 0 Å². The van der Waals surface area contributed by atoms with E-state index in [0.717, 1.165) is 0 Å². The molecule has 0 unspecified atom stereocenters. The zero-order chi connectivity index (χ0) is 21.8. The second kappa shape index (κ2) is 9.18. The van der Waals surface area contributed by atoms with Crippen LogP contribution in [-0.2, 0) is 0 Å². The van der Waals surface area contributed by atoms with Crippen molar-refractivity contribution in [3.05, 3.63) is 94.4 Å². The molecule has 2 amide bonds. The average Bonchev–Trinajstić information content (AvgIpc) is 3.34. The Kier molecular flexibility index (Phi) is 6.18. The quantitative estimate of drug-likeness (QED) is 0.608. The molecule has 0 saturated carbocycles. The fourth-order valence-electron chi connectivity index (χ4n) is 3.68. The Morgan fingerprint density at radius 2 is 1.58 bits per heavy atom. The molecule has 0 aliphatic carbocycles. The Bertz CT molecular complexity index is 1090. The van der Waals surface area contributed by atoms with Crippen molar-refractivity contribution in [2.24, 2.45) is 0 Å². The van der Waals surface area contributed by atoms with Gasteiger partial charge in [-0.2, -0.15) is 0 Å². The Morgan fingerprint density at radius 1 is 0.903 bits per heavy atom. The van der Waals surface area contributed by atoms with Crippen LogP contribution in [0.2, 0.25) is 5.02 Å². The number of carbonyl (C=O) groups excluding carboxylic acids is 3. The Balaban J connectivity index is 1.41. The third kappa shape index (κ3) is 4.70. The molecular formula is C24H21ClN2O4. The average molecular weight is 437 g/mol. The van der Waals surface area contributed by atoms with E-state index < -0.39 is 0 Å². The topological polar surface area (TPSA) is 79.6 Å². The van der Waals surface area contributed by atoms with Crippen LogP contribution in [0.1, 0.15) is 49.7 Å². The molecular weight excluding hydrogens is 416 g/mol. The number of hydrogen-bond acceptors (Lipinski definition) is 4. The van der Waals surface area contributed by atoms with Crippen molar-refractivity contribution < 1.29 is 18.8 Å². The number of amides is 2. The molecule has 3 aromatic rings. The van der Waals surface area contributed by atoms with E-state index in [1.54, 1.807) is 65.6 Å². The van der Waals surface area contributed by atoms with Gasteiger partial charge in [-0.15, -0.1) is 0 Å². The second-order valence-electron chi connectivity index (χ2n) is 7.40. The SMILES string of the molecule is O=C(NC1CCN(C(=O)c2ccco2)CC1)c1ccccc1C(=O)c1ccc(Cl)cc1. The van der Waals surface area contributed by atoms with Crippen molar-refractivity contribution in [1.82, 2.24) is 10.2 Å². The van der Waals surface area contributed by atoms with Crippen molar-refractivity contribution in [1.29, 1.82) is 0 Å². The van der Waals surface area contributed by atoms with Crippen LogP contribution in [0.25, 0.3) is 0 Å². The second-order valence-corrected chi connectivity index (χ2v) is 7.84. The van der Waals surface area contributed by atoms with E-state index in [2.05, 4.69) is 5.32 Å². The van der Waals surface area contributed by atoms with Crippen molar-refractivity contribution in [3.63, 3.8) is 0 Å². The third-order valence-electron chi connectivity index (χ3n) is 5.37. The Labute approximate surface area is 184 Å². The van der Waals surface area contributed by atoms with E-state index in [1.807, 2.05) is 0 Å². The fourth-order valence-corrected chi connectivity index (χ4v) is 3.81. The number of hydrogen-bond donors (Lipinski definition) is 1. The number of furan rings is 1. The summed E-state index contributed by atoms with van der Waals surface area (Å²) in [4.78, 5) is 40.0. The monoisotopic (exact) mass is 436 g/mol. The minimum Gasteiger partial charge on any atom is -0.459 e. The Hall–Kier alpha value is -3.38. The first-order valence-corrected chi connectivity index (χ1v) is 10.4. The molecule has 4 rings (SSSR count). The fraction of sp³-hybridized carbons (Fsp3) is 0.208. The molecule has 0 radical (unpaired) electrons. The van der Waals surface area contributed by atoms with Gasteiger partial charge in [-0.1, -0.05) is 29.8 Å². The molecule has 0 atom stereocenters. The van der Waals surface area contributed by atoms with Gasteiger partial charge in [0.25, 0.3) is 11.8 Å². The van der Waals surface area contributed by atoms with Gasteiger partial charge in [-0.3, -0.25) is 14.4 Å². The smallest absolute Gasteiger partial charge is 0.289 e. The third-order valence-corrected chi connectivity index (χ3v) is 5.62. The molecule has 6 nitrogen and oxygen atoms in total. The van der Waals surface area contributed by atoms with E-state index in [-0.39, 0.29) is 23.6 Å². The summed E-state index contributed by atoms with van der Waals surface area (Å²) >= 11 is 5.91. The van der Waals surface area contributed by atoms with Crippen LogP contribution in [0, 0.1) is 0 Å². The Morgan fingerprint density at radius 3 is 2.23 bits per heavy atom. The predicted octanol–water partition coefficient (Wildman–Crippen LogP) is 4.20. The maximum Gasteiger partial charge on any atom is 0.289 e. The highest BCUT2D eigenvalue weighted by molar-refractivity contribution is 6.30. The molecule has 7 heteroatoms. The maximum atomic E-state index is 12.9. The first-order chi connectivity index (χ1) is 15.0. The lowest BCUT2D eigenvalue weighted by molar-refractivity contribution is 0.0666. The summed E-state index contributed by atoms with van der Waals surface area (Å²) in [6.45, 7) is 1.05. The van der Waals surface area contributed by atoms with Crippen molar-refractivity contribution in [3.8, 4) is 0 Å². The van der Waals surface area contributed by atoms with Crippen LogP contribution in [0.3, 0.4) is 0 Å². The minimum atomic E-state index is -0.297. The number of halogens is 1. The molecule has 1 saturated heterocycles. The summed E-state index contributed by atoms with van der Waals surface area (Å²) in [5.41, 5.74) is 1.14. The first-order valence-electron chi connectivity index (χ1n) is 10.1. The highest BCUT2D eigenvalue weighted by Gasteiger charge is 2.27. The standard InChI is InChI=1S/C24H21ClN2O4/c25-17-9-7-16(8-10-17)22(28)19-4-1-2-5-20(19)23(29)26-18-11-13-27(14-12-18)24(30)21-6-3-15-31-21/h1-10,15,18H,11-14H2,(H,26,29). The zero-order valence-electron chi connectivity index (χ0n) is 16.7. The highest BCUT2D eigenvalue weighted by Crippen LogP contribution is 2.19. The molecule has 1 aliphatic heterocycles. The van der Waals surface area contributed by atoms with Crippen molar-refractivity contribution >= 4 is 29.2 Å². The van der Waals surface area contributed by atoms with Gasteiger partial charge in [-0.05, 0) is 55.3 Å². The zero-order valence-corrected chi connectivity index (χ0v) is 17.5. The van der Waals surface area contributed by atoms with Crippen LogP contribution >= 0.6 is 11.6 Å². The number of ketones is 1. The summed E-state index contributed by atoms with van der Waals surface area (Å²) in [6.07, 6.45) is 2.74. The van der Waals surface area contributed by atoms with Crippen LogP contribution in [0.4, 0.5) is 0 Å². The summed E-state index contributed by atoms with van der Waals surface area (Å²) in [5, 5.41) is 3.55. The molecule has 2 heterocycles. The summed E-state index contributed by atoms with van der Waals surface area (Å²) in [5.74, 6) is -0.360. The lowest BCUT2D eigenvalue weighted by Gasteiger charge is -2.32. The van der Waals surface area contributed by atoms with Gasteiger partial charge in [0.2, 0.25) is 0 Å². The van der Waals surface area contributed by atoms with Gasteiger partial charge in [0.15, 0.2) is 11.5 Å². The van der Waals surface area contributed by atoms with Crippen LogP contribution in [0.5, 0.6) is 0 Å². The summed E-state index contributed by atoms with van der Waals surface area (Å²) < 4.78 is 5.18. The van der Waals surface area contributed by atoms with E-state index >= 15 is 0 Å². The van der Waals surface area contributed by atoms with E-state index in [1.165, 1.54) is 6.26 Å². The molecule has 0 bridgehead atoms. The largest absolute Gasteiger partial charge is 0.459 e. The number of rotatable bonds is 5. The molecule has 1 aliphatic rings. The number of benzene rings is 2. The van der Waals surface area contributed by atoms with Gasteiger partial charge >= 0.3 is 0 Å². The van der Waals surface area contributed by atoms with E-state index in [9.17, 15) is 14.4 Å². The van der Waals surface area contributed by atoms with Crippen molar-refractivity contribution in [2.75, 3.05) is 13.1 Å². The number of carbonyl (C=O) groups is 3. The molecule has 1 aromatic heterocycles. The van der Waals surface area contributed by atoms with E-state index in [0.29, 0.717) is 53.4 Å². The first kappa shape index (κ1) is 20.9. The maximum absolute atomic E-state index is 12.9. The number of piperidine rings is 1. The van der Waals surface area contributed by atoms with Crippen LogP contribution in [-0.4, -0.2) is 41.6 Å². The summed E-state index contributed by atoms with van der Waals surface area (Å²) in [6, 6.07) is 16.6. The molecule has 0 spiro atoms. The van der Waals surface area contributed by atoms with Crippen LogP contribution in [0.15, 0.2) is 71.3 Å². The van der Waals surface area contributed by atoms with Gasteiger partial charge in [0.05, 0.1) is 11.8 Å². The predicted molar refractivity (Wildman–Crippen MR) is 116 cm³/mol. The number of nitrogens with one attached hydrogen (secondary N) is 1. The van der Waals surface area contributed by atoms with Crippen LogP contribution < -0.4 is 5.32 Å². The highest BCUT2D eigenvalue weighted by atomic mass is 35.5. The molecule has 2 aromatic carbocycles. The molecule has 1 fully saturated rings. The van der Waals surface area contributed by atoms with Gasteiger partial charge in [0, 0.05) is 35.3 Å². The lowest BCUT2D eigenvalue weighted by Crippen LogP contribution is -2.46. The molecule has 31 heavy (non-hydrogen) atoms. The minimum absolute atomic E-state index is 0.0770. The van der Waals surface area contributed by atoms with Crippen molar-refractivity contribution in [2.45, 2.75) is 18.9 Å². The number of likely N-dealkylation sites (tertiary alicyclic amines) is 1. The van der Waals surface area contributed by atoms with E-state index in [4.69, 9.17) is 16.0 Å². The van der Waals surface area contributed by atoms with Gasteiger partial charge in [0.1, 0.15) is 0 Å². The lowest BCUT2D eigenvalue weighted by atomic mass is 9.97. The van der Waals surface area contributed by atoms with Gasteiger partial charge < -0.3 is 14.6 Å². The molecule has 1 N–H and O–H groups in total. The normalized spacial score (nSPS) is 14.3. The molecule has 158 valence electrons.